The second kappa shape index (κ2) is 6.93. The Labute approximate surface area is 146 Å². The zero-order valence-corrected chi connectivity index (χ0v) is 14.3. The van der Waals surface area contributed by atoms with E-state index >= 15 is 0 Å². The molecule has 0 spiro atoms. The molecule has 6 heteroatoms. The topological polar surface area (TPSA) is 72.7 Å². The Bertz CT molecular complexity index is 802. The summed E-state index contributed by atoms with van der Waals surface area (Å²) in [6.45, 7) is 2.34. The summed E-state index contributed by atoms with van der Waals surface area (Å²) in [6.07, 6.45) is 1.85. The van der Waals surface area contributed by atoms with Crippen LogP contribution in [0.1, 0.15) is 40.4 Å². The van der Waals surface area contributed by atoms with Crippen molar-refractivity contribution in [2.24, 2.45) is 0 Å². The molecule has 1 heterocycles. The van der Waals surface area contributed by atoms with Crippen LogP contribution >= 0.6 is 0 Å². The van der Waals surface area contributed by atoms with Crippen molar-refractivity contribution in [3.63, 3.8) is 0 Å². The molecule has 1 atom stereocenters. The molecule has 0 aromatic heterocycles. The van der Waals surface area contributed by atoms with Gasteiger partial charge < -0.3 is 9.64 Å². The molecule has 0 unspecified atom stereocenters. The number of hydrogen-bond donors (Lipinski definition) is 0. The van der Waals surface area contributed by atoms with E-state index in [1.807, 2.05) is 29.2 Å². The molecule has 25 heavy (non-hydrogen) atoms. The van der Waals surface area contributed by atoms with E-state index in [4.69, 9.17) is 4.74 Å². The molecule has 0 bridgehead atoms. The van der Waals surface area contributed by atoms with Gasteiger partial charge in [0, 0.05) is 23.7 Å². The molecule has 1 amide bonds. The second-order valence-electron chi connectivity index (χ2n) is 6.19. The number of carbonyl (C=O) groups is 1. The third-order valence-electron chi connectivity index (χ3n) is 4.65. The fraction of sp³-hybridized carbons (Fsp3) is 0.316. The smallest absolute Gasteiger partial charge is 0.272 e. The molecule has 1 aliphatic rings. The number of nitrogens with zero attached hydrogens (tertiary/aromatic N) is 2. The number of ether oxygens (including phenoxy) is 1. The Balaban J connectivity index is 1.85. The van der Waals surface area contributed by atoms with E-state index in [1.54, 1.807) is 20.1 Å². The van der Waals surface area contributed by atoms with E-state index < -0.39 is 4.92 Å². The minimum atomic E-state index is -0.431. The molecule has 1 fully saturated rings. The lowest BCUT2D eigenvalue weighted by Crippen LogP contribution is -2.30. The molecule has 0 N–H and O–H groups in total. The molecule has 2 aromatic rings. The predicted molar refractivity (Wildman–Crippen MR) is 93.8 cm³/mol. The van der Waals surface area contributed by atoms with Crippen LogP contribution in [0.15, 0.2) is 42.5 Å². The predicted octanol–water partition coefficient (Wildman–Crippen LogP) is 3.89. The molecule has 1 saturated heterocycles. The van der Waals surface area contributed by atoms with Gasteiger partial charge in [-0.25, -0.2) is 0 Å². The summed E-state index contributed by atoms with van der Waals surface area (Å²) in [4.78, 5) is 25.3. The molecule has 0 aliphatic carbocycles. The van der Waals surface area contributed by atoms with Gasteiger partial charge in [0.05, 0.1) is 18.1 Å². The number of carbonyl (C=O) groups excluding carboxylic acids is 1. The summed E-state index contributed by atoms with van der Waals surface area (Å²) < 4.78 is 5.18. The SMILES string of the molecule is COc1ccc([C@@H]2CCCN2C(=O)c2ccc([N+](=O)[O-])c(C)c2)cc1. The van der Waals surface area contributed by atoms with Crippen molar-refractivity contribution in [2.75, 3.05) is 13.7 Å². The van der Waals surface area contributed by atoms with E-state index in [2.05, 4.69) is 0 Å². The fourth-order valence-corrected chi connectivity index (χ4v) is 3.34. The van der Waals surface area contributed by atoms with Crippen molar-refractivity contribution in [1.82, 2.24) is 4.90 Å². The van der Waals surface area contributed by atoms with Crippen LogP contribution in [-0.2, 0) is 0 Å². The van der Waals surface area contributed by atoms with Crippen LogP contribution in [-0.4, -0.2) is 29.4 Å². The van der Waals surface area contributed by atoms with Gasteiger partial charge in [0.25, 0.3) is 11.6 Å². The molecule has 0 saturated carbocycles. The van der Waals surface area contributed by atoms with Crippen LogP contribution in [0, 0.1) is 17.0 Å². The van der Waals surface area contributed by atoms with E-state index in [-0.39, 0.29) is 17.6 Å². The maximum atomic E-state index is 12.9. The normalized spacial score (nSPS) is 16.7. The Kier molecular flexibility index (Phi) is 4.70. The largest absolute Gasteiger partial charge is 0.497 e. The number of hydrogen-bond acceptors (Lipinski definition) is 4. The van der Waals surface area contributed by atoms with Gasteiger partial charge in [-0.2, -0.15) is 0 Å². The highest BCUT2D eigenvalue weighted by atomic mass is 16.6. The molecule has 0 radical (unpaired) electrons. The van der Waals surface area contributed by atoms with Crippen molar-refractivity contribution in [2.45, 2.75) is 25.8 Å². The van der Waals surface area contributed by atoms with Gasteiger partial charge in [0.15, 0.2) is 0 Å². The van der Waals surface area contributed by atoms with Crippen molar-refractivity contribution in [3.05, 3.63) is 69.3 Å². The van der Waals surface area contributed by atoms with E-state index in [0.29, 0.717) is 17.7 Å². The van der Waals surface area contributed by atoms with Gasteiger partial charge in [-0.15, -0.1) is 0 Å². The summed E-state index contributed by atoms with van der Waals surface area (Å²) in [5, 5.41) is 10.9. The third-order valence-corrected chi connectivity index (χ3v) is 4.65. The molecular weight excluding hydrogens is 320 g/mol. The minimum absolute atomic E-state index is 0.0221. The van der Waals surface area contributed by atoms with E-state index in [0.717, 1.165) is 24.2 Å². The van der Waals surface area contributed by atoms with Crippen molar-refractivity contribution in [3.8, 4) is 5.75 Å². The number of benzene rings is 2. The number of nitro groups is 1. The van der Waals surface area contributed by atoms with Crippen LogP contribution in [0.3, 0.4) is 0 Å². The average molecular weight is 340 g/mol. The minimum Gasteiger partial charge on any atom is -0.497 e. The first kappa shape index (κ1) is 17.0. The number of aryl methyl sites for hydroxylation is 1. The Morgan fingerprint density at radius 2 is 1.96 bits per heavy atom. The lowest BCUT2D eigenvalue weighted by molar-refractivity contribution is -0.385. The Morgan fingerprint density at radius 1 is 1.24 bits per heavy atom. The third kappa shape index (κ3) is 3.33. The first-order chi connectivity index (χ1) is 12.0. The van der Waals surface area contributed by atoms with Crippen LogP contribution in [0.5, 0.6) is 5.75 Å². The summed E-state index contributed by atoms with van der Waals surface area (Å²) in [5.74, 6) is 0.696. The molecule has 1 aliphatic heterocycles. The van der Waals surface area contributed by atoms with Crippen LogP contribution in [0.25, 0.3) is 0 Å². The van der Waals surface area contributed by atoms with Crippen LogP contribution in [0.4, 0.5) is 5.69 Å². The zero-order chi connectivity index (χ0) is 18.0. The highest BCUT2D eigenvalue weighted by Gasteiger charge is 2.31. The number of nitro benzene ring substituents is 1. The zero-order valence-electron chi connectivity index (χ0n) is 14.3. The lowest BCUT2D eigenvalue weighted by Gasteiger charge is -2.25. The fourth-order valence-electron chi connectivity index (χ4n) is 3.34. The number of likely N-dealkylation sites (tertiary alicyclic amines) is 1. The highest BCUT2D eigenvalue weighted by molar-refractivity contribution is 5.95. The van der Waals surface area contributed by atoms with Gasteiger partial charge in [-0.05, 0) is 49.6 Å². The van der Waals surface area contributed by atoms with Gasteiger partial charge >= 0.3 is 0 Å². The molecule has 130 valence electrons. The van der Waals surface area contributed by atoms with Crippen molar-refractivity contribution < 1.29 is 14.5 Å². The molecule has 2 aromatic carbocycles. The maximum Gasteiger partial charge on any atom is 0.272 e. The van der Waals surface area contributed by atoms with Crippen molar-refractivity contribution >= 4 is 11.6 Å². The van der Waals surface area contributed by atoms with Crippen LogP contribution < -0.4 is 4.74 Å². The molecular formula is C19H20N2O4. The maximum absolute atomic E-state index is 12.9. The van der Waals surface area contributed by atoms with Gasteiger partial charge in [-0.3, -0.25) is 14.9 Å². The Morgan fingerprint density at radius 3 is 2.56 bits per heavy atom. The summed E-state index contributed by atoms with van der Waals surface area (Å²) >= 11 is 0. The standard InChI is InChI=1S/C19H20N2O4/c1-13-12-15(7-10-17(13)21(23)24)19(22)20-11-3-4-18(20)14-5-8-16(25-2)9-6-14/h5-10,12,18H,3-4,11H2,1-2H3/t18-/m0/s1. The first-order valence-electron chi connectivity index (χ1n) is 8.21. The quantitative estimate of drug-likeness (QED) is 0.625. The van der Waals surface area contributed by atoms with E-state index in [1.165, 1.54) is 12.1 Å². The highest BCUT2D eigenvalue weighted by Crippen LogP contribution is 2.34. The monoisotopic (exact) mass is 340 g/mol. The number of methoxy groups -OCH3 is 1. The Hall–Kier alpha value is -2.89. The first-order valence-corrected chi connectivity index (χ1v) is 8.21. The van der Waals surface area contributed by atoms with Gasteiger partial charge in [0.1, 0.15) is 5.75 Å². The van der Waals surface area contributed by atoms with Gasteiger partial charge in [-0.1, -0.05) is 12.1 Å². The second-order valence-corrected chi connectivity index (χ2v) is 6.19. The lowest BCUT2D eigenvalue weighted by atomic mass is 10.0. The van der Waals surface area contributed by atoms with Crippen molar-refractivity contribution in [1.29, 1.82) is 0 Å². The molecule has 6 nitrogen and oxygen atoms in total. The van der Waals surface area contributed by atoms with Gasteiger partial charge in [0.2, 0.25) is 0 Å². The summed E-state index contributed by atoms with van der Waals surface area (Å²) in [7, 11) is 1.62. The summed E-state index contributed by atoms with van der Waals surface area (Å²) in [6, 6.07) is 12.3. The summed E-state index contributed by atoms with van der Waals surface area (Å²) in [5.41, 5.74) is 2.09. The average Bonchev–Trinajstić information content (AvgIpc) is 3.10. The molecule has 3 rings (SSSR count). The number of rotatable bonds is 4. The van der Waals surface area contributed by atoms with Crippen LogP contribution in [0.2, 0.25) is 0 Å². The van der Waals surface area contributed by atoms with E-state index in [9.17, 15) is 14.9 Å². The number of amides is 1.